The molecule has 0 spiro atoms. The fraction of sp³-hybridized carbons (Fsp3) is 0.556. The lowest BCUT2D eigenvalue weighted by molar-refractivity contribution is 0.152. The molecule has 1 aromatic rings. The highest BCUT2D eigenvalue weighted by Gasteiger charge is 2.39. The Morgan fingerprint density at radius 1 is 1.13 bits per heavy atom. The predicted molar refractivity (Wildman–Crippen MR) is 99.3 cm³/mol. The molecule has 0 aromatic heterocycles. The fourth-order valence-corrected chi connectivity index (χ4v) is 6.15. The topological polar surface area (TPSA) is 24.9 Å². The van der Waals surface area contributed by atoms with Gasteiger partial charge >= 0.3 is 8.56 Å². The summed E-state index contributed by atoms with van der Waals surface area (Å²) in [6, 6.07) is 9.28. The van der Waals surface area contributed by atoms with E-state index in [0.717, 1.165) is 50.8 Å². The van der Waals surface area contributed by atoms with Crippen LogP contribution in [-0.2, 0) is 8.85 Å². The van der Waals surface area contributed by atoms with Crippen LogP contribution in [0.5, 0.6) is 0 Å². The Balaban J connectivity index is 2.01. The van der Waals surface area contributed by atoms with Crippen LogP contribution in [0.15, 0.2) is 30.8 Å². The van der Waals surface area contributed by atoms with Crippen LogP contribution in [0.1, 0.15) is 12.0 Å². The number of likely N-dealkylation sites (N-methyl/N-ethyl adjacent to an activating group) is 1. The Bertz CT molecular complexity index is 498. The van der Waals surface area contributed by atoms with E-state index in [-0.39, 0.29) is 0 Å². The van der Waals surface area contributed by atoms with Gasteiger partial charge in [0.05, 0.1) is 0 Å². The molecule has 0 atom stereocenters. The minimum Gasteiger partial charge on any atom is -0.394 e. The van der Waals surface area contributed by atoms with E-state index in [1.54, 1.807) is 14.2 Å². The molecule has 1 saturated heterocycles. The molecule has 0 amide bonds. The highest BCUT2D eigenvalue weighted by molar-refractivity contribution is 6.81. The van der Waals surface area contributed by atoms with E-state index in [0.29, 0.717) is 0 Å². The Hall–Kier alpha value is -0.983. The molecular weight excluding hydrogens is 304 g/mol. The number of benzene rings is 1. The van der Waals surface area contributed by atoms with Crippen LogP contribution in [0.4, 0.5) is 0 Å². The van der Waals surface area contributed by atoms with Gasteiger partial charge in [0.25, 0.3) is 0 Å². The molecule has 0 bridgehead atoms. The normalized spacial score (nSPS) is 17.3. The molecule has 0 unspecified atom stereocenters. The molecule has 1 heterocycles. The molecule has 0 N–H and O–H groups in total. The second-order valence-electron chi connectivity index (χ2n) is 6.20. The maximum atomic E-state index is 5.96. The second kappa shape index (κ2) is 8.75. The van der Waals surface area contributed by atoms with Crippen molar-refractivity contribution in [1.82, 2.24) is 9.80 Å². The molecule has 5 heteroatoms. The quantitative estimate of drug-likeness (QED) is 0.678. The standard InChI is InChI=1S/C18H30N2O2Si/c1-5-17-9-6-7-10-18(17)23(21-3,22-4)16-8-11-20-14-12-19(2)13-15-20/h5-7,9-10H,1,8,11-16H2,2-4H3. The average Bonchev–Trinajstić information content (AvgIpc) is 2.61. The van der Waals surface area contributed by atoms with Gasteiger partial charge in [0, 0.05) is 45.6 Å². The zero-order valence-electron chi connectivity index (χ0n) is 14.8. The van der Waals surface area contributed by atoms with Crippen molar-refractivity contribution in [2.24, 2.45) is 0 Å². The van der Waals surface area contributed by atoms with E-state index in [1.807, 2.05) is 12.1 Å². The Kier molecular flexibility index (Phi) is 6.99. The van der Waals surface area contributed by atoms with Gasteiger partial charge < -0.3 is 18.7 Å². The monoisotopic (exact) mass is 334 g/mol. The number of piperazine rings is 1. The Morgan fingerprint density at radius 3 is 2.39 bits per heavy atom. The first kappa shape index (κ1) is 18.4. The number of hydrogen-bond acceptors (Lipinski definition) is 4. The van der Waals surface area contributed by atoms with Crippen molar-refractivity contribution < 1.29 is 8.85 Å². The van der Waals surface area contributed by atoms with Crippen LogP contribution in [0.3, 0.4) is 0 Å². The first-order valence-electron chi connectivity index (χ1n) is 8.38. The molecule has 1 fully saturated rings. The molecular formula is C18H30N2O2Si. The summed E-state index contributed by atoms with van der Waals surface area (Å²) < 4.78 is 11.9. The number of hydrogen-bond donors (Lipinski definition) is 0. The van der Waals surface area contributed by atoms with Gasteiger partial charge in [0.15, 0.2) is 0 Å². The van der Waals surface area contributed by atoms with E-state index < -0.39 is 8.56 Å². The number of rotatable bonds is 8. The SMILES string of the molecule is C=Cc1ccccc1[Si](CCCN1CCN(C)CC1)(OC)OC. The zero-order valence-corrected chi connectivity index (χ0v) is 15.8. The smallest absolute Gasteiger partial charge is 0.372 e. The molecule has 0 saturated carbocycles. The molecule has 0 aliphatic carbocycles. The van der Waals surface area contributed by atoms with E-state index >= 15 is 0 Å². The minimum atomic E-state index is -2.39. The molecule has 23 heavy (non-hydrogen) atoms. The maximum absolute atomic E-state index is 5.96. The average molecular weight is 335 g/mol. The van der Waals surface area contributed by atoms with E-state index in [1.165, 1.54) is 5.19 Å². The third-order valence-electron chi connectivity index (χ3n) is 4.83. The maximum Gasteiger partial charge on any atom is 0.372 e. The van der Waals surface area contributed by atoms with Crippen molar-refractivity contribution in [1.29, 1.82) is 0 Å². The second-order valence-corrected chi connectivity index (χ2v) is 9.56. The van der Waals surface area contributed by atoms with Gasteiger partial charge in [0.2, 0.25) is 0 Å². The first-order chi connectivity index (χ1) is 11.1. The summed E-state index contributed by atoms with van der Waals surface area (Å²) in [5, 5.41) is 1.19. The summed E-state index contributed by atoms with van der Waals surface area (Å²) in [7, 11) is 3.37. The van der Waals surface area contributed by atoms with Crippen molar-refractivity contribution in [2.45, 2.75) is 12.5 Å². The molecule has 0 radical (unpaired) electrons. The summed E-state index contributed by atoms with van der Waals surface area (Å²) in [4.78, 5) is 4.93. The van der Waals surface area contributed by atoms with Crippen LogP contribution >= 0.6 is 0 Å². The first-order valence-corrected chi connectivity index (χ1v) is 10.4. The number of nitrogens with zero attached hydrogens (tertiary/aromatic N) is 2. The molecule has 4 nitrogen and oxygen atoms in total. The van der Waals surface area contributed by atoms with Gasteiger partial charge in [-0.2, -0.15) is 0 Å². The Morgan fingerprint density at radius 2 is 1.78 bits per heavy atom. The predicted octanol–water partition coefficient (Wildman–Crippen LogP) is 1.91. The largest absolute Gasteiger partial charge is 0.394 e. The Labute approximate surface area is 141 Å². The highest BCUT2D eigenvalue weighted by Crippen LogP contribution is 2.18. The van der Waals surface area contributed by atoms with Gasteiger partial charge in [0.1, 0.15) is 0 Å². The lowest BCUT2D eigenvalue weighted by atomic mass is 10.2. The summed E-state index contributed by atoms with van der Waals surface area (Å²) in [6.07, 6.45) is 3.00. The molecule has 1 aliphatic heterocycles. The van der Waals surface area contributed by atoms with Crippen molar-refractivity contribution in [3.63, 3.8) is 0 Å². The third kappa shape index (κ3) is 4.52. The third-order valence-corrected chi connectivity index (χ3v) is 8.43. The van der Waals surface area contributed by atoms with Crippen LogP contribution in [0.25, 0.3) is 6.08 Å². The van der Waals surface area contributed by atoms with Crippen LogP contribution in [0, 0.1) is 0 Å². The molecule has 1 aromatic carbocycles. The van der Waals surface area contributed by atoms with Gasteiger partial charge in [-0.05, 0) is 31.6 Å². The van der Waals surface area contributed by atoms with Gasteiger partial charge in [-0.25, -0.2) is 0 Å². The van der Waals surface area contributed by atoms with E-state index in [4.69, 9.17) is 8.85 Å². The molecule has 128 valence electrons. The van der Waals surface area contributed by atoms with Gasteiger partial charge in [-0.15, -0.1) is 0 Å². The van der Waals surface area contributed by atoms with Crippen LogP contribution < -0.4 is 5.19 Å². The van der Waals surface area contributed by atoms with Gasteiger partial charge in [-0.1, -0.05) is 36.9 Å². The molecule has 1 aliphatic rings. The minimum absolute atomic E-state index is 0.969. The summed E-state index contributed by atoms with van der Waals surface area (Å²) in [5.41, 5.74) is 1.13. The lowest BCUT2D eigenvalue weighted by Gasteiger charge is -2.34. The van der Waals surface area contributed by atoms with Crippen molar-refractivity contribution in [3.8, 4) is 0 Å². The summed E-state index contributed by atoms with van der Waals surface area (Å²) in [6.45, 7) is 9.70. The lowest BCUT2D eigenvalue weighted by Crippen LogP contribution is -2.54. The van der Waals surface area contributed by atoms with Gasteiger partial charge in [-0.3, -0.25) is 0 Å². The van der Waals surface area contributed by atoms with Crippen LogP contribution in [-0.4, -0.2) is 72.4 Å². The molecule has 2 rings (SSSR count). The van der Waals surface area contributed by atoms with Crippen molar-refractivity contribution in [2.75, 3.05) is 54.0 Å². The van der Waals surface area contributed by atoms with E-state index in [9.17, 15) is 0 Å². The van der Waals surface area contributed by atoms with Crippen molar-refractivity contribution in [3.05, 3.63) is 36.4 Å². The van der Waals surface area contributed by atoms with Crippen LogP contribution in [0.2, 0.25) is 6.04 Å². The summed E-state index contributed by atoms with van der Waals surface area (Å²) >= 11 is 0. The van der Waals surface area contributed by atoms with E-state index in [2.05, 4.69) is 41.6 Å². The fourth-order valence-electron chi connectivity index (χ4n) is 3.27. The highest BCUT2D eigenvalue weighted by atomic mass is 28.4. The summed E-state index contributed by atoms with van der Waals surface area (Å²) in [5.74, 6) is 0. The van der Waals surface area contributed by atoms with Crippen molar-refractivity contribution >= 4 is 19.8 Å². The zero-order chi connectivity index (χ0) is 16.7.